The Balaban J connectivity index is 2.31. The number of anilines is 1. The lowest BCUT2D eigenvalue weighted by Gasteiger charge is -2.19. The van der Waals surface area contributed by atoms with Gasteiger partial charge >= 0.3 is 0 Å². The highest BCUT2D eigenvalue weighted by Crippen LogP contribution is 2.27. The highest BCUT2D eigenvalue weighted by molar-refractivity contribution is 5.51. The van der Waals surface area contributed by atoms with E-state index in [4.69, 9.17) is 5.73 Å². The van der Waals surface area contributed by atoms with Gasteiger partial charge in [0.25, 0.3) is 0 Å². The van der Waals surface area contributed by atoms with Gasteiger partial charge in [-0.05, 0) is 6.07 Å². The monoisotopic (exact) mass is 244 g/mol. The van der Waals surface area contributed by atoms with E-state index in [1.165, 1.54) is 17.0 Å². The minimum absolute atomic E-state index is 0.0373. The van der Waals surface area contributed by atoms with Crippen LogP contribution in [0.15, 0.2) is 12.1 Å². The van der Waals surface area contributed by atoms with Crippen molar-refractivity contribution in [1.29, 1.82) is 0 Å². The van der Waals surface area contributed by atoms with Crippen molar-refractivity contribution in [2.45, 2.75) is 18.8 Å². The standard InChI is InChI=1S/C11H14F2N2O2/c12-10-6(3-14)1-2-7(11(10)13)15-4-8(16)9(17)5-15/h1-2,8-9,16-17H,3-5,14H2. The molecular formula is C11H14F2N2O2. The van der Waals surface area contributed by atoms with Gasteiger partial charge in [0.05, 0.1) is 17.9 Å². The number of hydrogen-bond acceptors (Lipinski definition) is 4. The van der Waals surface area contributed by atoms with Crippen molar-refractivity contribution in [2.24, 2.45) is 5.73 Å². The molecule has 0 radical (unpaired) electrons. The number of β-amino-alcohol motifs (C(OH)–C–C–N with tert-alkyl or cyclic N) is 2. The first-order valence-electron chi connectivity index (χ1n) is 5.32. The SMILES string of the molecule is NCc1ccc(N2CC(O)C(O)C2)c(F)c1F. The second-order valence-electron chi connectivity index (χ2n) is 4.12. The zero-order valence-electron chi connectivity index (χ0n) is 9.11. The van der Waals surface area contributed by atoms with E-state index >= 15 is 0 Å². The number of nitrogens with zero attached hydrogens (tertiary/aromatic N) is 1. The molecule has 0 spiro atoms. The largest absolute Gasteiger partial charge is 0.389 e. The van der Waals surface area contributed by atoms with Crippen LogP contribution in [-0.2, 0) is 6.54 Å². The van der Waals surface area contributed by atoms with Crippen LogP contribution in [0, 0.1) is 11.6 Å². The average Bonchev–Trinajstić information content (AvgIpc) is 2.63. The molecule has 2 rings (SSSR count). The minimum Gasteiger partial charge on any atom is -0.389 e. The molecule has 17 heavy (non-hydrogen) atoms. The fraction of sp³-hybridized carbons (Fsp3) is 0.455. The highest BCUT2D eigenvalue weighted by atomic mass is 19.2. The number of halogens is 2. The summed E-state index contributed by atoms with van der Waals surface area (Å²) in [5, 5.41) is 18.7. The van der Waals surface area contributed by atoms with E-state index in [1.807, 2.05) is 0 Å². The first-order valence-corrected chi connectivity index (χ1v) is 5.32. The van der Waals surface area contributed by atoms with Crippen LogP contribution < -0.4 is 10.6 Å². The van der Waals surface area contributed by atoms with Crippen molar-refractivity contribution >= 4 is 5.69 Å². The quantitative estimate of drug-likeness (QED) is 0.683. The molecule has 1 aliphatic heterocycles. The molecule has 4 nitrogen and oxygen atoms in total. The van der Waals surface area contributed by atoms with E-state index in [0.717, 1.165) is 0 Å². The van der Waals surface area contributed by atoms with Gasteiger partial charge in [0.15, 0.2) is 11.6 Å². The normalized spacial score (nSPS) is 24.4. The summed E-state index contributed by atoms with van der Waals surface area (Å²) in [6, 6.07) is 2.82. The summed E-state index contributed by atoms with van der Waals surface area (Å²) in [4.78, 5) is 1.41. The molecule has 4 N–H and O–H groups in total. The first kappa shape index (κ1) is 12.2. The van der Waals surface area contributed by atoms with Gasteiger partial charge in [-0.1, -0.05) is 6.07 Å². The number of benzene rings is 1. The van der Waals surface area contributed by atoms with E-state index in [-0.39, 0.29) is 30.9 Å². The average molecular weight is 244 g/mol. The summed E-state index contributed by atoms with van der Waals surface area (Å²) in [5.74, 6) is -1.96. The molecule has 1 aliphatic rings. The van der Waals surface area contributed by atoms with Crippen LogP contribution in [0.4, 0.5) is 14.5 Å². The van der Waals surface area contributed by atoms with Crippen LogP contribution in [0.1, 0.15) is 5.56 Å². The third kappa shape index (κ3) is 2.11. The fourth-order valence-electron chi connectivity index (χ4n) is 1.95. The topological polar surface area (TPSA) is 69.7 Å². The summed E-state index contributed by atoms with van der Waals surface area (Å²) in [6.45, 7) is 0.0906. The van der Waals surface area contributed by atoms with Crippen molar-refractivity contribution in [3.8, 4) is 0 Å². The van der Waals surface area contributed by atoms with Gasteiger partial charge in [-0.2, -0.15) is 0 Å². The van der Waals surface area contributed by atoms with Crippen LogP contribution in [0.2, 0.25) is 0 Å². The van der Waals surface area contributed by atoms with E-state index in [0.29, 0.717) is 0 Å². The lowest BCUT2D eigenvalue weighted by atomic mass is 10.1. The molecule has 1 aromatic rings. The summed E-state index contributed by atoms with van der Waals surface area (Å²) in [6.07, 6.45) is -1.88. The summed E-state index contributed by atoms with van der Waals surface area (Å²) in [7, 11) is 0. The summed E-state index contributed by atoms with van der Waals surface area (Å²) >= 11 is 0. The van der Waals surface area contributed by atoms with Crippen molar-refractivity contribution in [3.63, 3.8) is 0 Å². The van der Waals surface area contributed by atoms with Gasteiger partial charge in [0.2, 0.25) is 0 Å². The molecule has 2 unspecified atom stereocenters. The Morgan fingerprint density at radius 1 is 1.18 bits per heavy atom. The van der Waals surface area contributed by atoms with E-state index in [9.17, 15) is 19.0 Å². The molecule has 0 amide bonds. The zero-order chi connectivity index (χ0) is 12.6. The van der Waals surface area contributed by atoms with Crippen molar-refractivity contribution in [1.82, 2.24) is 0 Å². The Morgan fingerprint density at radius 3 is 2.29 bits per heavy atom. The molecule has 1 heterocycles. The Kier molecular flexibility index (Phi) is 3.28. The van der Waals surface area contributed by atoms with E-state index in [1.54, 1.807) is 0 Å². The number of hydrogen-bond donors (Lipinski definition) is 3. The Bertz CT molecular complexity index is 418. The van der Waals surface area contributed by atoms with Crippen LogP contribution in [0.5, 0.6) is 0 Å². The smallest absolute Gasteiger partial charge is 0.182 e. The number of aliphatic hydroxyl groups excluding tert-OH is 2. The molecule has 0 aromatic heterocycles. The zero-order valence-corrected chi connectivity index (χ0v) is 9.11. The van der Waals surface area contributed by atoms with Gasteiger partial charge in [0.1, 0.15) is 0 Å². The third-order valence-corrected chi connectivity index (χ3v) is 2.96. The predicted molar refractivity (Wildman–Crippen MR) is 58.5 cm³/mol. The lowest BCUT2D eigenvalue weighted by Crippen LogP contribution is -2.23. The number of nitrogens with two attached hydrogens (primary N) is 1. The van der Waals surface area contributed by atoms with E-state index in [2.05, 4.69) is 0 Å². The lowest BCUT2D eigenvalue weighted by molar-refractivity contribution is 0.0572. The van der Waals surface area contributed by atoms with Crippen molar-refractivity contribution < 1.29 is 19.0 Å². The third-order valence-electron chi connectivity index (χ3n) is 2.96. The minimum atomic E-state index is -0.991. The summed E-state index contributed by atoms with van der Waals surface area (Å²) < 4.78 is 27.2. The van der Waals surface area contributed by atoms with Crippen LogP contribution >= 0.6 is 0 Å². The molecule has 94 valence electrons. The molecule has 0 saturated carbocycles. The Morgan fingerprint density at radius 2 is 1.76 bits per heavy atom. The van der Waals surface area contributed by atoms with Gasteiger partial charge in [0, 0.05) is 25.2 Å². The molecular weight excluding hydrogens is 230 g/mol. The second-order valence-corrected chi connectivity index (χ2v) is 4.12. The molecule has 0 bridgehead atoms. The Hall–Kier alpha value is -1.24. The maximum atomic E-state index is 13.7. The fourth-order valence-corrected chi connectivity index (χ4v) is 1.95. The van der Waals surface area contributed by atoms with Gasteiger partial charge in [-0.3, -0.25) is 0 Å². The van der Waals surface area contributed by atoms with Gasteiger partial charge in [-0.15, -0.1) is 0 Å². The molecule has 1 aromatic carbocycles. The van der Waals surface area contributed by atoms with Crippen LogP contribution in [-0.4, -0.2) is 35.5 Å². The van der Waals surface area contributed by atoms with Crippen LogP contribution in [0.3, 0.4) is 0 Å². The van der Waals surface area contributed by atoms with Crippen LogP contribution in [0.25, 0.3) is 0 Å². The first-order chi connectivity index (χ1) is 8.04. The molecule has 1 saturated heterocycles. The Labute approximate surface area is 97.3 Å². The molecule has 1 fully saturated rings. The van der Waals surface area contributed by atoms with Crippen molar-refractivity contribution in [2.75, 3.05) is 18.0 Å². The number of aliphatic hydroxyl groups is 2. The maximum absolute atomic E-state index is 13.7. The molecule has 6 heteroatoms. The summed E-state index contributed by atoms with van der Waals surface area (Å²) in [5.41, 5.74) is 5.41. The van der Waals surface area contributed by atoms with Gasteiger partial charge < -0.3 is 20.8 Å². The van der Waals surface area contributed by atoms with Gasteiger partial charge in [-0.25, -0.2) is 8.78 Å². The predicted octanol–water partition coefficient (Wildman–Crippen LogP) is -0.0347. The molecule has 2 atom stereocenters. The molecule has 0 aliphatic carbocycles. The highest BCUT2D eigenvalue weighted by Gasteiger charge is 2.31. The van der Waals surface area contributed by atoms with Crippen molar-refractivity contribution in [3.05, 3.63) is 29.3 Å². The second kappa shape index (κ2) is 4.56. The number of rotatable bonds is 2. The maximum Gasteiger partial charge on any atom is 0.182 e. The van der Waals surface area contributed by atoms with E-state index < -0.39 is 23.8 Å².